The number of carbonyl (C=O) groups is 2. The third kappa shape index (κ3) is 6.73. The molecule has 1 saturated carbocycles. The Balaban J connectivity index is 1.69. The third-order valence-corrected chi connectivity index (χ3v) is 4.83. The normalized spacial score (nSPS) is 19.8. The van der Waals surface area contributed by atoms with Crippen molar-refractivity contribution in [2.24, 2.45) is 11.8 Å². The van der Waals surface area contributed by atoms with E-state index in [9.17, 15) is 9.59 Å². The number of aromatic nitrogens is 2. The molecule has 0 N–H and O–H groups in total. The lowest BCUT2D eigenvalue weighted by atomic mass is 9.79. The molecule has 2 rings (SSSR count). The van der Waals surface area contributed by atoms with Crippen LogP contribution in [0, 0.1) is 11.8 Å². The maximum Gasteiger partial charge on any atom is 0.312 e. The van der Waals surface area contributed by atoms with E-state index >= 15 is 0 Å². The van der Waals surface area contributed by atoms with Crippen LogP contribution in [0.3, 0.4) is 0 Å². The molecule has 1 heterocycles. The largest absolute Gasteiger partial charge is 0.476 e. The van der Waals surface area contributed by atoms with Crippen LogP contribution in [0.2, 0.25) is 0 Å². The maximum absolute atomic E-state index is 12.1. The van der Waals surface area contributed by atoms with E-state index in [1.807, 2.05) is 6.92 Å². The van der Waals surface area contributed by atoms with Crippen molar-refractivity contribution < 1.29 is 19.1 Å². The van der Waals surface area contributed by atoms with Gasteiger partial charge in [0.25, 0.3) is 0 Å². The molecule has 0 atom stereocenters. The van der Waals surface area contributed by atoms with Crippen LogP contribution in [0.4, 0.5) is 0 Å². The molecule has 1 aromatic rings. The highest BCUT2D eigenvalue weighted by atomic mass is 16.5. The number of carbonyl (C=O) groups excluding carboxylic acids is 2. The Morgan fingerprint density at radius 2 is 1.69 bits per heavy atom. The number of rotatable bonds is 10. The van der Waals surface area contributed by atoms with Crippen molar-refractivity contribution in [2.45, 2.75) is 71.6 Å². The number of hydrogen-bond acceptors (Lipinski definition) is 6. The molecule has 0 saturated heterocycles. The quantitative estimate of drug-likeness (QED) is 0.582. The lowest BCUT2D eigenvalue weighted by Gasteiger charge is -2.27. The zero-order chi connectivity index (χ0) is 18.8. The van der Waals surface area contributed by atoms with E-state index in [1.165, 1.54) is 0 Å². The summed E-state index contributed by atoms with van der Waals surface area (Å²) in [5.74, 6) is 1.46. The average molecular weight is 362 g/mol. The fourth-order valence-corrected chi connectivity index (χ4v) is 3.22. The Labute approximate surface area is 155 Å². The van der Waals surface area contributed by atoms with Gasteiger partial charge in [-0.15, -0.1) is 10.2 Å². The highest BCUT2D eigenvalue weighted by Gasteiger charge is 2.26. The molecule has 0 spiro atoms. The van der Waals surface area contributed by atoms with Crippen molar-refractivity contribution >= 4 is 11.8 Å². The van der Waals surface area contributed by atoms with Crippen molar-refractivity contribution in [2.75, 3.05) is 6.61 Å². The van der Waals surface area contributed by atoms with Crippen LogP contribution in [0.25, 0.3) is 0 Å². The van der Waals surface area contributed by atoms with Gasteiger partial charge in [-0.3, -0.25) is 9.59 Å². The van der Waals surface area contributed by atoms with Crippen LogP contribution in [0.15, 0.2) is 12.1 Å². The molecule has 6 heteroatoms. The van der Waals surface area contributed by atoms with Gasteiger partial charge in [0.2, 0.25) is 11.8 Å². The first-order chi connectivity index (χ1) is 12.6. The second-order valence-electron chi connectivity index (χ2n) is 7.03. The van der Waals surface area contributed by atoms with Crippen LogP contribution in [-0.2, 0) is 9.59 Å². The van der Waals surface area contributed by atoms with E-state index in [0.717, 1.165) is 51.4 Å². The first-order valence-electron chi connectivity index (χ1n) is 9.82. The fourth-order valence-electron chi connectivity index (χ4n) is 3.22. The van der Waals surface area contributed by atoms with E-state index in [2.05, 4.69) is 17.1 Å². The van der Waals surface area contributed by atoms with Crippen LogP contribution in [0.5, 0.6) is 11.8 Å². The van der Waals surface area contributed by atoms with E-state index in [1.54, 1.807) is 12.1 Å². The Morgan fingerprint density at radius 3 is 2.31 bits per heavy atom. The molecule has 0 radical (unpaired) electrons. The molecule has 0 aromatic carbocycles. The summed E-state index contributed by atoms with van der Waals surface area (Å²) in [5, 5.41) is 7.82. The average Bonchev–Trinajstić information content (AvgIpc) is 2.66. The first kappa shape index (κ1) is 20.3. The minimum Gasteiger partial charge on any atom is -0.476 e. The van der Waals surface area contributed by atoms with E-state index in [-0.39, 0.29) is 17.8 Å². The minimum atomic E-state index is -0.305. The summed E-state index contributed by atoms with van der Waals surface area (Å²) in [4.78, 5) is 23.5. The van der Waals surface area contributed by atoms with Crippen LogP contribution in [-0.4, -0.2) is 28.6 Å². The highest BCUT2D eigenvalue weighted by Crippen LogP contribution is 2.30. The number of hydrogen-bond donors (Lipinski definition) is 0. The lowest BCUT2D eigenvalue weighted by molar-refractivity contribution is -0.134. The second kappa shape index (κ2) is 10.9. The summed E-state index contributed by atoms with van der Waals surface area (Å²) >= 11 is 0. The van der Waals surface area contributed by atoms with Gasteiger partial charge in [0, 0.05) is 30.9 Å². The molecule has 0 aliphatic heterocycles. The van der Waals surface area contributed by atoms with Crippen molar-refractivity contribution in [1.82, 2.24) is 10.2 Å². The monoisotopic (exact) mass is 362 g/mol. The number of unbranched alkanes of at least 4 members (excludes halogenated alkanes) is 1. The number of esters is 1. The minimum absolute atomic E-state index is 0.196. The van der Waals surface area contributed by atoms with Gasteiger partial charge in [-0.05, 0) is 44.4 Å². The van der Waals surface area contributed by atoms with Crippen LogP contribution in [0.1, 0.15) is 71.6 Å². The van der Waals surface area contributed by atoms with Gasteiger partial charge < -0.3 is 9.47 Å². The molecule has 1 aliphatic carbocycles. The third-order valence-electron chi connectivity index (χ3n) is 4.83. The zero-order valence-electron chi connectivity index (χ0n) is 15.9. The van der Waals surface area contributed by atoms with Crippen LogP contribution >= 0.6 is 0 Å². The molecule has 0 unspecified atom stereocenters. The highest BCUT2D eigenvalue weighted by molar-refractivity contribution is 5.81. The summed E-state index contributed by atoms with van der Waals surface area (Å²) in [6, 6.07) is 3.26. The summed E-state index contributed by atoms with van der Waals surface area (Å²) in [6.45, 7) is 4.62. The maximum atomic E-state index is 12.1. The molecule has 26 heavy (non-hydrogen) atoms. The molecule has 6 nitrogen and oxygen atoms in total. The molecule has 1 aromatic heterocycles. The van der Waals surface area contributed by atoms with Gasteiger partial charge in [-0.25, -0.2) is 0 Å². The van der Waals surface area contributed by atoms with Gasteiger partial charge in [0.05, 0.1) is 6.61 Å². The van der Waals surface area contributed by atoms with E-state index in [4.69, 9.17) is 9.47 Å². The van der Waals surface area contributed by atoms with Crippen LogP contribution < -0.4 is 9.47 Å². The molecular weight excluding hydrogens is 332 g/mol. The number of Topliss-reactive ketones (excluding diaryl/α,β-unsaturated/α-hetero) is 1. The summed E-state index contributed by atoms with van der Waals surface area (Å²) in [6.07, 6.45) is 7.88. The smallest absolute Gasteiger partial charge is 0.312 e. The predicted molar refractivity (Wildman–Crippen MR) is 98.1 cm³/mol. The van der Waals surface area contributed by atoms with Crippen molar-refractivity contribution in [3.8, 4) is 11.8 Å². The summed E-state index contributed by atoms with van der Waals surface area (Å²) < 4.78 is 10.8. The van der Waals surface area contributed by atoms with Gasteiger partial charge in [0.1, 0.15) is 5.78 Å². The lowest BCUT2D eigenvalue weighted by Crippen LogP contribution is -2.25. The molecule has 144 valence electrons. The molecule has 1 fully saturated rings. The van der Waals surface area contributed by atoms with Gasteiger partial charge in [-0.2, -0.15) is 0 Å². The summed E-state index contributed by atoms with van der Waals surface area (Å²) in [7, 11) is 0. The fraction of sp³-hybridized carbons (Fsp3) is 0.700. The van der Waals surface area contributed by atoms with Gasteiger partial charge >= 0.3 is 5.97 Å². The van der Waals surface area contributed by atoms with E-state index < -0.39 is 0 Å². The second-order valence-corrected chi connectivity index (χ2v) is 7.03. The SMILES string of the molecule is CCCCC(=O)C1CCC(COc2ccc(OC(=O)CCC)nn2)CC1. The molecule has 0 bridgehead atoms. The van der Waals surface area contributed by atoms with Gasteiger partial charge in [0.15, 0.2) is 0 Å². The van der Waals surface area contributed by atoms with Crippen molar-refractivity contribution in [1.29, 1.82) is 0 Å². The first-order valence-corrected chi connectivity index (χ1v) is 9.82. The number of ketones is 1. The van der Waals surface area contributed by atoms with Gasteiger partial charge in [-0.1, -0.05) is 20.3 Å². The Kier molecular flexibility index (Phi) is 8.51. The Hall–Kier alpha value is -1.98. The molecule has 0 amide bonds. The summed E-state index contributed by atoms with van der Waals surface area (Å²) in [5.41, 5.74) is 0. The zero-order valence-corrected chi connectivity index (χ0v) is 15.9. The number of ether oxygens (including phenoxy) is 2. The molecule has 1 aliphatic rings. The predicted octanol–water partition coefficient (Wildman–Crippen LogP) is 4.13. The topological polar surface area (TPSA) is 78.4 Å². The standard InChI is InChI=1S/C20H30N2O4/c1-3-5-7-17(23)16-10-8-15(9-11-16)14-25-18-12-13-19(22-21-18)26-20(24)6-4-2/h12-13,15-16H,3-11,14H2,1-2H3. The van der Waals surface area contributed by atoms with Crippen molar-refractivity contribution in [3.05, 3.63) is 12.1 Å². The molecular formula is C20H30N2O4. The van der Waals surface area contributed by atoms with E-state index in [0.29, 0.717) is 30.6 Å². The Morgan fingerprint density at radius 1 is 1.00 bits per heavy atom. The number of nitrogens with zero attached hydrogens (tertiary/aromatic N) is 2. The van der Waals surface area contributed by atoms with Crippen molar-refractivity contribution in [3.63, 3.8) is 0 Å². The Bertz CT molecular complexity index is 566.